The van der Waals surface area contributed by atoms with Crippen molar-refractivity contribution in [3.63, 3.8) is 0 Å². The summed E-state index contributed by atoms with van der Waals surface area (Å²) in [6, 6.07) is 0. The first-order valence-corrected chi connectivity index (χ1v) is 7.44. The minimum absolute atomic E-state index is 0.0167. The van der Waals surface area contributed by atoms with Crippen LogP contribution in [0, 0.1) is 0 Å². The summed E-state index contributed by atoms with van der Waals surface area (Å²) >= 11 is 0. The van der Waals surface area contributed by atoms with E-state index >= 15 is 0 Å². The molecule has 1 aromatic rings. The molecule has 0 saturated heterocycles. The number of hydrogen-bond donors (Lipinski definition) is 1. The van der Waals surface area contributed by atoms with Crippen molar-refractivity contribution in [2.45, 2.75) is 75.5 Å². The van der Waals surface area contributed by atoms with Gasteiger partial charge in [-0.05, 0) is 25.7 Å². The third-order valence-electron chi connectivity index (χ3n) is 4.59. The highest BCUT2D eigenvalue weighted by atomic mass is 19.3. The second-order valence-corrected chi connectivity index (χ2v) is 6.04. The molecular weight excluding hydrogens is 248 g/mol. The summed E-state index contributed by atoms with van der Waals surface area (Å²) in [6.45, 7) is 0. The minimum atomic E-state index is -2.47. The van der Waals surface area contributed by atoms with E-state index in [9.17, 15) is 8.78 Å². The van der Waals surface area contributed by atoms with Crippen molar-refractivity contribution in [3.8, 4) is 0 Å². The van der Waals surface area contributed by atoms with Crippen molar-refractivity contribution in [2.24, 2.45) is 0 Å². The molecule has 0 amide bonds. The number of nitrogens with zero attached hydrogens (tertiary/aromatic N) is 2. The Balaban J connectivity index is 1.64. The SMILES string of the molecule is FC1(F)CCC(c2nc(C3CCCCC3)n[nH]2)CC1. The van der Waals surface area contributed by atoms with E-state index in [1.54, 1.807) is 0 Å². The number of hydrogen-bond acceptors (Lipinski definition) is 2. The predicted molar refractivity (Wildman–Crippen MR) is 68.4 cm³/mol. The highest BCUT2D eigenvalue weighted by Gasteiger charge is 2.36. The summed E-state index contributed by atoms with van der Waals surface area (Å²) in [5.41, 5.74) is 0. The molecule has 0 radical (unpaired) electrons. The lowest BCUT2D eigenvalue weighted by Crippen LogP contribution is -2.24. The molecule has 1 heterocycles. The first-order chi connectivity index (χ1) is 9.14. The number of alkyl halides is 2. The lowest BCUT2D eigenvalue weighted by atomic mass is 9.86. The number of aromatic amines is 1. The summed E-state index contributed by atoms with van der Waals surface area (Å²) in [5.74, 6) is -0.112. The van der Waals surface area contributed by atoms with E-state index in [1.165, 1.54) is 32.1 Å². The van der Waals surface area contributed by atoms with E-state index in [0.29, 0.717) is 18.8 Å². The highest BCUT2D eigenvalue weighted by molar-refractivity contribution is 5.04. The van der Waals surface area contributed by atoms with Crippen LogP contribution in [-0.2, 0) is 0 Å². The van der Waals surface area contributed by atoms with E-state index in [0.717, 1.165) is 11.6 Å². The van der Waals surface area contributed by atoms with Gasteiger partial charge in [0.2, 0.25) is 5.92 Å². The maximum absolute atomic E-state index is 13.1. The molecule has 0 bridgehead atoms. The average molecular weight is 269 g/mol. The third-order valence-corrected chi connectivity index (χ3v) is 4.59. The Kier molecular flexibility index (Phi) is 3.54. The molecule has 3 rings (SSSR count). The molecule has 3 nitrogen and oxygen atoms in total. The topological polar surface area (TPSA) is 41.6 Å². The third kappa shape index (κ3) is 2.95. The van der Waals surface area contributed by atoms with Gasteiger partial charge in [-0.3, -0.25) is 5.10 Å². The maximum atomic E-state index is 13.1. The fourth-order valence-corrected chi connectivity index (χ4v) is 3.33. The zero-order valence-electron chi connectivity index (χ0n) is 11.2. The first-order valence-electron chi connectivity index (χ1n) is 7.44. The molecule has 5 heteroatoms. The Morgan fingerprint density at radius 1 is 0.947 bits per heavy atom. The fraction of sp³-hybridized carbons (Fsp3) is 0.857. The fourth-order valence-electron chi connectivity index (χ4n) is 3.33. The molecule has 106 valence electrons. The van der Waals surface area contributed by atoms with Crippen LogP contribution in [-0.4, -0.2) is 21.1 Å². The Morgan fingerprint density at radius 3 is 2.32 bits per heavy atom. The molecule has 0 unspecified atom stereocenters. The van der Waals surface area contributed by atoms with Crippen molar-refractivity contribution in [3.05, 3.63) is 11.6 Å². The van der Waals surface area contributed by atoms with Crippen molar-refractivity contribution < 1.29 is 8.78 Å². The lowest BCUT2D eigenvalue weighted by molar-refractivity contribution is -0.0387. The molecule has 0 spiro atoms. The van der Waals surface area contributed by atoms with Crippen molar-refractivity contribution in [2.75, 3.05) is 0 Å². The van der Waals surface area contributed by atoms with Gasteiger partial charge in [0.25, 0.3) is 0 Å². The summed E-state index contributed by atoms with van der Waals surface area (Å²) < 4.78 is 26.3. The van der Waals surface area contributed by atoms with Gasteiger partial charge in [0.05, 0.1) is 0 Å². The molecule has 0 atom stereocenters. The lowest BCUT2D eigenvalue weighted by Gasteiger charge is -2.26. The van der Waals surface area contributed by atoms with Crippen molar-refractivity contribution in [1.29, 1.82) is 0 Å². The van der Waals surface area contributed by atoms with Crippen molar-refractivity contribution in [1.82, 2.24) is 15.2 Å². The summed E-state index contributed by atoms with van der Waals surface area (Å²) in [4.78, 5) is 4.59. The van der Waals surface area contributed by atoms with Crippen LogP contribution in [0.25, 0.3) is 0 Å². The molecule has 0 aliphatic heterocycles. The number of halogens is 2. The molecule has 2 aliphatic carbocycles. The highest BCUT2D eigenvalue weighted by Crippen LogP contribution is 2.40. The zero-order valence-corrected chi connectivity index (χ0v) is 11.2. The standard InChI is InChI=1S/C14H21F2N3/c15-14(16)8-6-11(7-9-14)13-17-12(18-19-13)10-4-2-1-3-5-10/h10-11H,1-9H2,(H,17,18,19). The molecule has 1 aromatic heterocycles. The Bertz CT molecular complexity index is 414. The molecule has 0 aromatic carbocycles. The Morgan fingerprint density at radius 2 is 1.63 bits per heavy atom. The molecule has 1 N–H and O–H groups in total. The second-order valence-electron chi connectivity index (χ2n) is 6.04. The zero-order chi connectivity index (χ0) is 13.3. The first kappa shape index (κ1) is 13.0. The van der Waals surface area contributed by atoms with E-state index < -0.39 is 5.92 Å². The van der Waals surface area contributed by atoms with Crippen LogP contribution in [0.5, 0.6) is 0 Å². The summed E-state index contributed by atoms with van der Waals surface area (Å²) in [6.07, 6.45) is 7.16. The Labute approximate surface area is 112 Å². The van der Waals surface area contributed by atoms with Gasteiger partial charge in [0.1, 0.15) is 5.82 Å². The molecule has 2 aliphatic rings. The van der Waals surface area contributed by atoms with Gasteiger partial charge in [-0.1, -0.05) is 19.3 Å². The quantitative estimate of drug-likeness (QED) is 0.876. The van der Waals surface area contributed by atoms with Gasteiger partial charge in [-0.15, -0.1) is 0 Å². The molecule has 2 fully saturated rings. The number of nitrogens with one attached hydrogen (secondary N) is 1. The van der Waals surface area contributed by atoms with Crippen LogP contribution in [0.15, 0.2) is 0 Å². The molecular formula is C14H21F2N3. The van der Waals surface area contributed by atoms with E-state index in [2.05, 4.69) is 15.2 Å². The van der Waals surface area contributed by atoms with Gasteiger partial charge < -0.3 is 0 Å². The van der Waals surface area contributed by atoms with Crippen molar-refractivity contribution >= 4 is 0 Å². The maximum Gasteiger partial charge on any atom is 0.248 e. The molecule has 19 heavy (non-hydrogen) atoms. The monoisotopic (exact) mass is 269 g/mol. The largest absolute Gasteiger partial charge is 0.263 e. The minimum Gasteiger partial charge on any atom is -0.263 e. The summed E-state index contributed by atoms with van der Waals surface area (Å²) in [7, 11) is 0. The number of H-pyrrole nitrogens is 1. The average Bonchev–Trinajstić information content (AvgIpc) is 2.89. The molecule has 2 saturated carbocycles. The smallest absolute Gasteiger partial charge is 0.248 e. The van der Waals surface area contributed by atoms with Gasteiger partial charge in [-0.2, -0.15) is 5.10 Å². The van der Waals surface area contributed by atoms with Crippen LogP contribution in [0.1, 0.15) is 81.3 Å². The van der Waals surface area contributed by atoms with Gasteiger partial charge >= 0.3 is 0 Å². The van der Waals surface area contributed by atoms with E-state index in [1.807, 2.05) is 0 Å². The van der Waals surface area contributed by atoms with Crippen LogP contribution in [0.3, 0.4) is 0 Å². The van der Waals surface area contributed by atoms with Gasteiger partial charge in [0, 0.05) is 24.7 Å². The number of aromatic nitrogens is 3. The van der Waals surface area contributed by atoms with Crippen LogP contribution in [0.4, 0.5) is 8.78 Å². The number of rotatable bonds is 2. The van der Waals surface area contributed by atoms with Gasteiger partial charge in [-0.25, -0.2) is 13.8 Å². The normalized spacial score (nSPS) is 25.6. The van der Waals surface area contributed by atoms with E-state index in [4.69, 9.17) is 0 Å². The summed E-state index contributed by atoms with van der Waals surface area (Å²) in [5, 5.41) is 7.32. The Hall–Kier alpha value is -1.00. The van der Waals surface area contributed by atoms with Crippen LogP contribution < -0.4 is 0 Å². The second kappa shape index (κ2) is 5.17. The van der Waals surface area contributed by atoms with E-state index in [-0.39, 0.29) is 18.8 Å². The van der Waals surface area contributed by atoms with Crippen LogP contribution in [0.2, 0.25) is 0 Å². The predicted octanol–water partition coefficient (Wildman–Crippen LogP) is 4.15. The van der Waals surface area contributed by atoms with Gasteiger partial charge in [0.15, 0.2) is 5.82 Å². The van der Waals surface area contributed by atoms with Crippen LogP contribution >= 0.6 is 0 Å².